The number of amides is 2. The van der Waals surface area contributed by atoms with Gasteiger partial charge in [-0.05, 0) is 30.7 Å². The number of carbonyl (C=O) groups excluding carboxylic acids is 2. The van der Waals surface area contributed by atoms with E-state index in [-0.39, 0.29) is 18.4 Å². The smallest absolute Gasteiger partial charge is 0.264 e. The van der Waals surface area contributed by atoms with Crippen molar-refractivity contribution < 1.29 is 14.3 Å². The number of fused-ring (bicyclic) bond motifs is 1. The minimum absolute atomic E-state index is 0.0126. The molecule has 112 valence electrons. The average Bonchev–Trinajstić information content (AvgIpc) is 2.51. The van der Waals surface area contributed by atoms with Gasteiger partial charge in [0.1, 0.15) is 5.75 Å². The Morgan fingerprint density at radius 2 is 2.00 bits per heavy atom. The lowest BCUT2D eigenvalue weighted by Crippen LogP contribution is -2.35. The fourth-order valence-corrected chi connectivity index (χ4v) is 2.38. The van der Waals surface area contributed by atoms with Gasteiger partial charge in [0, 0.05) is 24.4 Å². The number of aryl methyl sites for hydroxylation is 1. The summed E-state index contributed by atoms with van der Waals surface area (Å²) in [6, 6.07) is 12.7. The Morgan fingerprint density at radius 3 is 2.77 bits per heavy atom. The zero-order chi connectivity index (χ0) is 15.7. The quantitative estimate of drug-likeness (QED) is 0.926. The van der Waals surface area contributed by atoms with Gasteiger partial charge in [-0.2, -0.15) is 0 Å². The summed E-state index contributed by atoms with van der Waals surface area (Å²) in [5.74, 6) is 0.326. The molecule has 1 aliphatic rings. The van der Waals surface area contributed by atoms with Crippen LogP contribution >= 0.6 is 0 Å². The van der Waals surface area contributed by atoms with Crippen LogP contribution in [0, 0.1) is 6.92 Å². The van der Waals surface area contributed by atoms with Crippen molar-refractivity contribution in [2.24, 2.45) is 0 Å². The molecule has 0 aliphatic carbocycles. The van der Waals surface area contributed by atoms with Crippen LogP contribution in [0.2, 0.25) is 0 Å². The zero-order valence-corrected chi connectivity index (χ0v) is 12.4. The van der Waals surface area contributed by atoms with Gasteiger partial charge in [-0.15, -0.1) is 0 Å². The maximum atomic E-state index is 12.3. The zero-order valence-electron chi connectivity index (χ0n) is 12.4. The van der Waals surface area contributed by atoms with Crippen molar-refractivity contribution in [3.8, 4) is 5.75 Å². The summed E-state index contributed by atoms with van der Waals surface area (Å²) in [6.45, 7) is 1.91. The molecule has 1 N–H and O–H groups in total. The number of likely N-dealkylation sites (N-methyl/N-ethyl adjacent to an activating group) is 1. The minimum atomic E-state index is -0.168. The molecule has 22 heavy (non-hydrogen) atoms. The summed E-state index contributed by atoms with van der Waals surface area (Å²) in [5.41, 5.74) is 2.88. The Balaban J connectivity index is 1.84. The number of nitrogens with one attached hydrogen (secondary N) is 1. The summed E-state index contributed by atoms with van der Waals surface area (Å²) in [6.07, 6.45) is 0. The number of nitrogens with zero attached hydrogens (tertiary/aromatic N) is 1. The molecule has 0 unspecified atom stereocenters. The van der Waals surface area contributed by atoms with Crippen LogP contribution in [0.5, 0.6) is 5.75 Å². The Morgan fingerprint density at radius 1 is 1.23 bits per heavy atom. The third-order valence-electron chi connectivity index (χ3n) is 3.69. The second-order valence-electron chi connectivity index (χ2n) is 5.19. The van der Waals surface area contributed by atoms with Crippen molar-refractivity contribution in [2.45, 2.75) is 6.92 Å². The fourth-order valence-electron chi connectivity index (χ4n) is 2.38. The molecule has 0 saturated heterocycles. The molecular formula is C17H16N2O3. The molecule has 2 amide bonds. The molecule has 1 heterocycles. The number of rotatable bonds is 2. The van der Waals surface area contributed by atoms with Crippen LogP contribution in [0.3, 0.4) is 0 Å². The normalized spacial score (nSPS) is 13.4. The highest BCUT2D eigenvalue weighted by Crippen LogP contribution is 2.33. The van der Waals surface area contributed by atoms with Crippen LogP contribution in [0.25, 0.3) is 0 Å². The standard InChI is InChI=1S/C17H16N2O3/c1-11-5-3-4-6-13(11)17(21)18-12-7-8-14-15(9-12)22-10-16(20)19(14)2/h3-9H,10H2,1-2H3,(H,18,21). The Hall–Kier alpha value is -2.82. The first-order valence-electron chi connectivity index (χ1n) is 6.96. The molecule has 0 bridgehead atoms. The third kappa shape index (κ3) is 2.53. The van der Waals surface area contributed by atoms with Gasteiger partial charge in [-0.3, -0.25) is 9.59 Å². The number of anilines is 2. The third-order valence-corrected chi connectivity index (χ3v) is 3.69. The highest BCUT2D eigenvalue weighted by atomic mass is 16.5. The molecular weight excluding hydrogens is 280 g/mol. The van der Waals surface area contributed by atoms with E-state index in [9.17, 15) is 9.59 Å². The van der Waals surface area contributed by atoms with Crippen LogP contribution in [0.15, 0.2) is 42.5 Å². The van der Waals surface area contributed by atoms with E-state index >= 15 is 0 Å². The first-order valence-corrected chi connectivity index (χ1v) is 6.96. The SMILES string of the molecule is Cc1ccccc1C(=O)Nc1ccc2c(c1)OCC(=O)N2C. The van der Waals surface area contributed by atoms with Gasteiger partial charge in [0.05, 0.1) is 5.69 Å². The molecule has 3 rings (SSSR count). The van der Waals surface area contributed by atoms with Crippen molar-refractivity contribution in [1.29, 1.82) is 0 Å². The second-order valence-corrected chi connectivity index (χ2v) is 5.19. The first-order chi connectivity index (χ1) is 10.6. The molecule has 0 radical (unpaired) electrons. The van der Waals surface area contributed by atoms with Crippen molar-refractivity contribution in [1.82, 2.24) is 0 Å². The van der Waals surface area contributed by atoms with Gasteiger partial charge in [0.25, 0.3) is 11.8 Å². The molecule has 0 aromatic heterocycles. The lowest BCUT2D eigenvalue weighted by molar-refractivity contribution is -0.120. The summed E-state index contributed by atoms with van der Waals surface area (Å²) >= 11 is 0. The van der Waals surface area contributed by atoms with Crippen LogP contribution in [-0.2, 0) is 4.79 Å². The van der Waals surface area contributed by atoms with Gasteiger partial charge >= 0.3 is 0 Å². The predicted molar refractivity (Wildman–Crippen MR) is 84.5 cm³/mol. The van der Waals surface area contributed by atoms with Gasteiger partial charge < -0.3 is 15.0 Å². The number of ether oxygens (including phenoxy) is 1. The second kappa shape index (κ2) is 5.52. The number of carbonyl (C=O) groups is 2. The topological polar surface area (TPSA) is 58.6 Å². The lowest BCUT2D eigenvalue weighted by Gasteiger charge is -2.26. The molecule has 0 spiro atoms. The summed E-state index contributed by atoms with van der Waals surface area (Å²) in [4.78, 5) is 25.4. The number of benzene rings is 2. The van der Waals surface area contributed by atoms with E-state index in [1.54, 1.807) is 36.2 Å². The molecule has 2 aromatic carbocycles. The van der Waals surface area contributed by atoms with Gasteiger partial charge in [0.15, 0.2) is 6.61 Å². The van der Waals surface area contributed by atoms with E-state index in [2.05, 4.69) is 5.32 Å². The van der Waals surface area contributed by atoms with Crippen molar-refractivity contribution in [3.63, 3.8) is 0 Å². The highest BCUT2D eigenvalue weighted by molar-refractivity contribution is 6.06. The van der Waals surface area contributed by atoms with Crippen LogP contribution in [-0.4, -0.2) is 25.5 Å². The van der Waals surface area contributed by atoms with E-state index in [1.165, 1.54) is 0 Å². The van der Waals surface area contributed by atoms with Gasteiger partial charge in [-0.25, -0.2) is 0 Å². The van der Waals surface area contributed by atoms with Crippen LogP contribution < -0.4 is 15.0 Å². The van der Waals surface area contributed by atoms with Crippen molar-refractivity contribution in [2.75, 3.05) is 23.9 Å². The largest absolute Gasteiger partial charge is 0.481 e. The van der Waals surface area contributed by atoms with E-state index in [4.69, 9.17) is 4.74 Å². The first kappa shape index (κ1) is 14.1. The van der Waals surface area contributed by atoms with E-state index in [0.717, 1.165) is 5.56 Å². The monoisotopic (exact) mass is 296 g/mol. The number of hydrogen-bond acceptors (Lipinski definition) is 3. The fraction of sp³-hybridized carbons (Fsp3) is 0.176. The van der Waals surface area contributed by atoms with Crippen molar-refractivity contribution in [3.05, 3.63) is 53.6 Å². The molecule has 0 saturated carbocycles. The average molecular weight is 296 g/mol. The molecule has 2 aromatic rings. The van der Waals surface area contributed by atoms with Crippen LogP contribution in [0.1, 0.15) is 15.9 Å². The molecule has 0 fully saturated rings. The molecule has 0 atom stereocenters. The summed E-state index contributed by atoms with van der Waals surface area (Å²) in [5, 5.41) is 2.85. The van der Waals surface area contributed by atoms with E-state index in [1.807, 2.05) is 25.1 Å². The van der Waals surface area contributed by atoms with Crippen molar-refractivity contribution >= 4 is 23.2 Å². The van der Waals surface area contributed by atoms with E-state index in [0.29, 0.717) is 22.7 Å². The Bertz CT molecular complexity index is 755. The molecule has 1 aliphatic heterocycles. The minimum Gasteiger partial charge on any atom is -0.481 e. The van der Waals surface area contributed by atoms with E-state index < -0.39 is 0 Å². The van der Waals surface area contributed by atoms with Gasteiger partial charge in [-0.1, -0.05) is 18.2 Å². The molecule has 5 heteroatoms. The maximum absolute atomic E-state index is 12.3. The summed E-state index contributed by atoms with van der Waals surface area (Å²) in [7, 11) is 1.70. The highest BCUT2D eigenvalue weighted by Gasteiger charge is 2.22. The number of hydrogen-bond donors (Lipinski definition) is 1. The Kier molecular flexibility index (Phi) is 3.55. The maximum Gasteiger partial charge on any atom is 0.264 e. The predicted octanol–water partition coefficient (Wildman–Crippen LogP) is 2.60. The van der Waals surface area contributed by atoms with Gasteiger partial charge in [0.2, 0.25) is 0 Å². The van der Waals surface area contributed by atoms with Crippen LogP contribution in [0.4, 0.5) is 11.4 Å². The Labute approximate surface area is 128 Å². The molecule has 5 nitrogen and oxygen atoms in total. The summed E-state index contributed by atoms with van der Waals surface area (Å²) < 4.78 is 5.42. The lowest BCUT2D eigenvalue weighted by atomic mass is 10.1.